The zero-order valence-electron chi connectivity index (χ0n) is 37.6. The summed E-state index contributed by atoms with van der Waals surface area (Å²) >= 11 is 0. The molecule has 6 N–H and O–H groups in total. The van der Waals surface area contributed by atoms with Crippen LogP contribution < -0.4 is 16.1 Å². The Labute approximate surface area is 362 Å². The van der Waals surface area contributed by atoms with Crippen LogP contribution in [0, 0.1) is 17.8 Å². The Morgan fingerprint density at radius 3 is 2.38 bits per heavy atom. The van der Waals surface area contributed by atoms with E-state index in [4.69, 9.17) is 9.57 Å². The van der Waals surface area contributed by atoms with Gasteiger partial charge in [-0.25, -0.2) is 10.5 Å². The Morgan fingerprint density at radius 2 is 1.77 bits per heavy atom. The number of aliphatic hydroxyl groups excluding tert-OH is 2. The van der Waals surface area contributed by atoms with Gasteiger partial charge < -0.3 is 35.5 Å². The third-order valence-corrected chi connectivity index (χ3v) is 10.2. The van der Waals surface area contributed by atoms with Gasteiger partial charge in [0.2, 0.25) is 5.91 Å². The molecule has 8 atom stereocenters. The van der Waals surface area contributed by atoms with Crippen LogP contribution in [0.25, 0.3) is 0 Å². The van der Waals surface area contributed by atoms with Gasteiger partial charge in [-0.15, -0.1) is 0 Å². The van der Waals surface area contributed by atoms with Crippen LogP contribution in [0.4, 0.5) is 0 Å². The summed E-state index contributed by atoms with van der Waals surface area (Å²) in [6.45, 7) is 13.2. The van der Waals surface area contributed by atoms with Crippen molar-refractivity contribution in [2.24, 2.45) is 17.8 Å². The van der Waals surface area contributed by atoms with Crippen LogP contribution in [0.15, 0.2) is 84.5 Å². The predicted octanol–water partition coefficient (Wildman–Crippen LogP) is 4.26. The van der Waals surface area contributed by atoms with Crippen molar-refractivity contribution in [3.63, 3.8) is 0 Å². The number of nitrogens with one attached hydrogen (secondary N) is 3. The average Bonchev–Trinajstić information content (AvgIpc) is 3.26. The molecule has 0 aromatic heterocycles. The Bertz CT molecular complexity index is 1670. The van der Waals surface area contributed by atoms with E-state index in [0.717, 1.165) is 10.6 Å². The monoisotopic (exact) mass is 854 g/mol. The number of hydroxylamine groups is 2. The zero-order valence-corrected chi connectivity index (χ0v) is 37.6. The van der Waals surface area contributed by atoms with Gasteiger partial charge in [-0.1, -0.05) is 95.4 Å². The number of ether oxygens (including phenoxy) is 1. The van der Waals surface area contributed by atoms with Crippen molar-refractivity contribution in [2.75, 3.05) is 27.7 Å². The summed E-state index contributed by atoms with van der Waals surface area (Å²) in [6.07, 6.45) is 13.8. The topological polar surface area (TPSA) is 207 Å². The number of aldehydes is 1. The Balaban J connectivity index is 0.00000916. The zero-order chi connectivity index (χ0) is 46.1. The number of hydrogen-bond donors (Lipinski definition) is 6. The number of aliphatic hydroxyl groups is 2. The van der Waals surface area contributed by atoms with Crippen LogP contribution in [-0.2, 0) is 40.0 Å². The molecule has 1 aliphatic rings. The van der Waals surface area contributed by atoms with E-state index in [1.807, 2.05) is 33.8 Å². The molecule has 3 amide bonds. The molecule has 61 heavy (non-hydrogen) atoms. The molecule has 0 spiro atoms. The van der Waals surface area contributed by atoms with Crippen molar-refractivity contribution >= 4 is 30.0 Å². The summed E-state index contributed by atoms with van der Waals surface area (Å²) in [7, 11) is 4.51. The molecular formula is C46H71N5O10. The molecule has 1 aromatic carbocycles. The molecule has 0 saturated carbocycles. The van der Waals surface area contributed by atoms with Gasteiger partial charge in [0, 0.05) is 32.0 Å². The van der Waals surface area contributed by atoms with Crippen LogP contribution >= 0.6 is 0 Å². The summed E-state index contributed by atoms with van der Waals surface area (Å²) in [4.78, 5) is 68.9. The highest BCUT2D eigenvalue weighted by atomic mass is 16.7. The number of esters is 1. The number of benzene rings is 1. The second-order valence-corrected chi connectivity index (χ2v) is 15.0. The van der Waals surface area contributed by atoms with Crippen LogP contribution in [0.1, 0.15) is 79.7 Å². The number of phenols is 1. The van der Waals surface area contributed by atoms with Gasteiger partial charge in [0.05, 0.1) is 37.3 Å². The molecule has 0 aliphatic carbocycles. The van der Waals surface area contributed by atoms with Gasteiger partial charge in [-0.3, -0.25) is 29.0 Å². The van der Waals surface area contributed by atoms with E-state index in [1.54, 1.807) is 82.5 Å². The first-order valence-corrected chi connectivity index (χ1v) is 21.0. The molecular weight excluding hydrogens is 783 g/mol. The van der Waals surface area contributed by atoms with Crippen molar-refractivity contribution in [1.29, 1.82) is 0 Å². The minimum atomic E-state index is -1.23. The largest absolute Gasteiger partial charge is 0.508 e. The van der Waals surface area contributed by atoms with E-state index >= 15 is 0 Å². The number of amides is 3. The minimum Gasteiger partial charge on any atom is -0.508 e. The third-order valence-electron chi connectivity index (χ3n) is 10.2. The summed E-state index contributed by atoms with van der Waals surface area (Å²) in [5, 5.41) is 40.2. The molecule has 15 nitrogen and oxygen atoms in total. The Morgan fingerprint density at radius 1 is 1.07 bits per heavy atom. The van der Waals surface area contributed by atoms with E-state index in [0.29, 0.717) is 37.7 Å². The fraction of sp³-hybridized carbons (Fsp3) is 0.543. The van der Waals surface area contributed by atoms with Crippen molar-refractivity contribution in [3.8, 4) is 5.75 Å². The highest BCUT2D eigenvalue weighted by Gasteiger charge is 2.35. The first kappa shape index (κ1) is 54.1. The number of likely N-dealkylation sites (N-methyl/N-ethyl adjacent to an activating group) is 2. The highest BCUT2D eigenvalue weighted by molar-refractivity contribution is 5.87. The van der Waals surface area contributed by atoms with E-state index in [-0.39, 0.29) is 30.4 Å². The van der Waals surface area contributed by atoms with E-state index in [1.165, 1.54) is 37.4 Å². The second kappa shape index (κ2) is 29.3. The molecule has 1 heterocycles. The summed E-state index contributed by atoms with van der Waals surface area (Å²) in [6, 6.07) is 4.55. The van der Waals surface area contributed by atoms with Crippen molar-refractivity contribution in [3.05, 3.63) is 90.1 Å². The van der Waals surface area contributed by atoms with E-state index in [2.05, 4.69) is 16.1 Å². The predicted molar refractivity (Wildman–Crippen MR) is 236 cm³/mol. The van der Waals surface area contributed by atoms with Crippen molar-refractivity contribution in [1.82, 2.24) is 26.1 Å². The lowest BCUT2D eigenvalue weighted by Crippen LogP contribution is -2.59. The van der Waals surface area contributed by atoms with Gasteiger partial charge in [0.15, 0.2) is 0 Å². The molecule has 5 unspecified atom stereocenters. The lowest BCUT2D eigenvalue weighted by atomic mass is 9.85. The number of carbonyl (C=O) groups is 5. The van der Waals surface area contributed by atoms with Gasteiger partial charge in [0.25, 0.3) is 11.8 Å². The number of phenolic OH excluding ortho intramolecular Hbond substituents is 1. The average molecular weight is 854 g/mol. The number of allylic oxidation sites excluding steroid dienone is 6. The van der Waals surface area contributed by atoms with Crippen molar-refractivity contribution < 1.29 is 48.9 Å². The lowest BCUT2D eigenvalue weighted by Gasteiger charge is -2.35. The van der Waals surface area contributed by atoms with E-state index in [9.17, 15) is 39.3 Å². The maximum Gasteiger partial charge on any atom is 0.325 e. The van der Waals surface area contributed by atoms with E-state index < -0.39 is 66.1 Å². The highest BCUT2D eigenvalue weighted by Crippen LogP contribution is 2.23. The smallest absolute Gasteiger partial charge is 0.325 e. The van der Waals surface area contributed by atoms with Crippen LogP contribution in [0.2, 0.25) is 0 Å². The Kier molecular flexibility index (Phi) is 26.0. The fourth-order valence-corrected chi connectivity index (χ4v) is 6.18. The van der Waals surface area contributed by atoms with Crippen LogP contribution in [0.5, 0.6) is 5.75 Å². The molecule has 0 radical (unpaired) electrons. The maximum atomic E-state index is 13.6. The number of carbonyl (C=O) groups excluding carboxylic acids is 5. The first-order valence-electron chi connectivity index (χ1n) is 21.0. The maximum absolute atomic E-state index is 13.6. The molecule has 1 fully saturated rings. The third kappa shape index (κ3) is 18.7. The normalized spacial score (nSPS) is 18.3. The molecule has 15 heteroatoms. The number of nitrogens with zero attached hydrogens (tertiary/aromatic N) is 2. The SMILES string of the molecule is C/C=C/CC(C(=O)NC(C=O)C(C)C)C(O)[C@@H](C)[C@@H](O)/C=C/C=C/C[C@H](OC(=O)C1CCCN(C(=O)C(Cc2cccc(O)c2)NC)N1)/C(C)=C/C=C/C(=O)N(C)OC.CC. The van der Waals surface area contributed by atoms with Crippen LogP contribution in [-0.4, -0.2) is 120 Å². The fourth-order valence-electron chi connectivity index (χ4n) is 6.18. The first-order chi connectivity index (χ1) is 29.1. The number of hydrazine groups is 1. The molecule has 340 valence electrons. The number of aromatic hydroxyl groups is 1. The summed E-state index contributed by atoms with van der Waals surface area (Å²) in [5.41, 5.74) is 4.43. The van der Waals surface area contributed by atoms with Gasteiger partial charge in [0.1, 0.15) is 24.2 Å². The number of hydrogen-bond acceptors (Lipinski definition) is 12. The summed E-state index contributed by atoms with van der Waals surface area (Å²) in [5.74, 6) is -3.39. The van der Waals surface area contributed by atoms with Gasteiger partial charge in [-0.2, -0.15) is 0 Å². The van der Waals surface area contributed by atoms with Crippen molar-refractivity contribution in [2.45, 2.75) is 117 Å². The lowest BCUT2D eigenvalue weighted by molar-refractivity contribution is -0.162. The minimum absolute atomic E-state index is 0.102. The number of rotatable bonds is 23. The molecule has 1 aliphatic heterocycles. The molecule has 1 aromatic rings. The molecule has 2 rings (SSSR count). The van der Waals surface area contributed by atoms with Gasteiger partial charge in [-0.05, 0) is 75.8 Å². The molecule has 1 saturated heterocycles. The second-order valence-electron chi connectivity index (χ2n) is 15.0. The quantitative estimate of drug-likeness (QED) is 0.0228. The van der Waals surface area contributed by atoms with Crippen LogP contribution in [0.3, 0.4) is 0 Å². The standard InChI is InChI=1S/C44H65N5O10.C2H6/c1-9-10-20-34(42(55)46-37(28-50)29(2)3)41(54)31(5)38(52)22-12-11-13-23-39(30(4)17-14-24-40(53)48(7)58-8)59-44(57)35-21-16-25-49(47-35)43(56)36(45-6)27-32-18-15-19-33(51)26-32;1-2/h9-15,17-19,22,24,26,28-29,31,34-39,41,45,47,51-52,54H,16,20-21,23,25,27H2,1-8H3,(H,46,55);1-2H3/b10-9+,13-11+,22-12+,24-14+,30-17+;/t31-,34?,35?,36?,37?,38-,39-,41?;/m0./s1. The molecule has 0 bridgehead atoms. The van der Waals surface area contributed by atoms with Gasteiger partial charge >= 0.3 is 5.97 Å². The Hall–Kier alpha value is -4.93. The summed E-state index contributed by atoms with van der Waals surface area (Å²) < 4.78 is 6.00.